The summed E-state index contributed by atoms with van der Waals surface area (Å²) in [5, 5.41) is 11.9. The average molecular weight is 1330 g/mol. The third kappa shape index (κ3) is 77.9. The van der Waals surface area contributed by atoms with Crippen molar-refractivity contribution >= 4 is 17.9 Å². The zero-order valence-electron chi connectivity index (χ0n) is 63.6. The molecule has 2 atom stereocenters. The number of carboxylic acid groups (broad SMARTS) is 1. The molecule has 0 heterocycles. The Morgan fingerprint density at radius 2 is 0.600 bits per heavy atom. The summed E-state index contributed by atoms with van der Waals surface area (Å²) in [5.41, 5.74) is 0. The van der Waals surface area contributed by atoms with Gasteiger partial charge in [-0.3, -0.25) is 9.59 Å². The minimum atomic E-state index is -1.62. The van der Waals surface area contributed by atoms with Crippen LogP contribution in [-0.4, -0.2) is 82.3 Å². The molecule has 0 fully saturated rings. The first-order valence-electron chi connectivity index (χ1n) is 41.1. The van der Waals surface area contributed by atoms with E-state index in [1.54, 1.807) is 0 Å². The van der Waals surface area contributed by atoms with Gasteiger partial charge in [-0.1, -0.05) is 376 Å². The molecular weight excluding hydrogens is 1170 g/mol. The van der Waals surface area contributed by atoms with Gasteiger partial charge >= 0.3 is 11.9 Å². The van der Waals surface area contributed by atoms with Crippen molar-refractivity contribution in [2.75, 3.05) is 47.5 Å². The summed E-state index contributed by atoms with van der Waals surface area (Å²) in [7, 11) is 5.95. The van der Waals surface area contributed by atoms with Gasteiger partial charge in [0.15, 0.2) is 12.4 Å². The summed E-state index contributed by atoms with van der Waals surface area (Å²) in [4.78, 5) is 37.6. The van der Waals surface area contributed by atoms with Gasteiger partial charge in [0, 0.05) is 12.8 Å². The Labute approximate surface area is 589 Å². The molecular formula is C86H157NO8. The molecule has 0 aromatic rings. The smallest absolute Gasteiger partial charge is 0.306 e. The van der Waals surface area contributed by atoms with Gasteiger partial charge in [-0.05, 0) is 83.5 Å². The lowest BCUT2D eigenvalue weighted by Gasteiger charge is -2.26. The van der Waals surface area contributed by atoms with Crippen molar-refractivity contribution in [3.63, 3.8) is 0 Å². The normalized spacial score (nSPS) is 13.0. The standard InChI is InChI=1S/C86H157NO8/c1-6-8-10-12-14-16-18-20-22-24-26-28-30-32-34-36-37-38-39-40-41-42-43-44-45-46-47-49-50-52-54-56-58-60-62-64-66-68-70-72-74-76-83(88)93-80-82(81-94-86(85(90)91)92-79-78-87(3,4)5)95-84(89)77-75-73-71-69-67-65-63-61-59-57-55-53-51-48-35-33-31-29-27-25-23-21-19-17-15-13-11-9-7-2/h9,11,15,17-18,20-21,23-24,26-27,29,82,86H,6-8,10,12-14,16,19,22,25,28,30-81H2,1-5H3/b11-9-,17-15-,20-18-,23-21-,26-24-,29-27-. The highest BCUT2D eigenvalue weighted by Gasteiger charge is 2.22. The van der Waals surface area contributed by atoms with Crippen molar-refractivity contribution in [1.82, 2.24) is 0 Å². The molecule has 2 unspecified atom stereocenters. The van der Waals surface area contributed by atoms with E-state index in [2.05, 4.69) is 86.8 Å². The number of unbranched alkanes of at least 4 members (excludes halogenated alkanes) is 50. The number of rotatable bonds is 77. The summed E-state index contributed by atoms with van der Waals surface area (Å²) in [6.45, 7) is 4.69. The third-order valence-corrected chi connectivity index (χ3v) is 18.4. The zero-order valence-corrected chi connectivity index (χ0v) is 63.6. The number of aliphatic carboxylic acids is 1. The maximum absolute atomic E-state index is 13.0. The molecule has 9 heteroatoms. The second-order valence-corrected chi connectivity index (χ2v) is 29.0. The first kappa shape index (κ1) is 91.7. The number of carboxylic acids is 1. The first-order chi connectivity index (χ1) is 46.6. The highest BCUT2D eigenvalue weighted by atomic mass is 16.7. The molecule has 95 heavy (non-hydrogen) atoms. The Morgan fingerprint density at radius 3 is 0.895 bits per heavy atom. The van der Waals surface area contributed by atoms with Crippen LogP contribution in [0.4, 0.5) is 0 Å². The third-order valence-electron chi connectivity index (χ3n) is 18.4. The van der Waals surface area contributed by atoms with Crippen LogP contribution in [0.1, 0.15) is 399 Å². The van der Waals surface area contributed by atoms with Crippen LogP contribution >= 0.6 is 0 Å². The summed E-state index contributed by atoms with van der Waals surface area (Å²) in [5.74, 6) is -2.26. The summed E-state index contributed by atoms with van der Waals surface area (Å²) >= 11 is 0. The molecule has 0 amide bonds. The predicted octanol–water partition coefficient (Wildman–Crippen LogP) is 25.0. The van der Waals surface area contributed by atoms with Crippen molar-refractivity contribution in [2.45, 2.75) is 411 Å². The lowest BCUT2D eigenvalue weighted by molar-refractivity contribution is -0.870. The quantitative estimate of drug-likeness (QED) is 0.0195. The molecule has 0 aliphatic heterocycles. The Balaban J connectivity index is 3.93. The van der Waals surface area contributed by atoms with Crippen molar-refractivity contribution in [1.29, 1.82) is 0 Å². The van der Waals surface area contributed by atoms with Crippen LogP contribution in [0, 0.1) is 0 Å². The number of esters is 2. The number of ether oxygens (including phenoxy) is 4. The number of quaternary nitrogens is 1. The van der Waals surface area contributed by atoms with Gasteiger partial charge in [0.1, 0.15) is 13.2 Å². The molecule has 0 aliphatic carbocycles. The van der Waals surface area contributed by atoms with Crippen LogP contribution < -0.4 is 5.11 Å². The van der Waals surface area contributed by atoms with Gasteiger partial charge < -0.3 is 33.3 Å². The van der Waals surface area contributed by atoms with Gasteiger partial charge in [-0.25, -0.2) is 0 Å². The van der Waals surface area contributed by atoms with Gasteiger partial charge in [0.05, 0.1) is 40.3 Å². The number of allylic oxidation sites excluding steroid dienone is 12. The highest BCUT2D eigenvalue weighted by molar-refractivity contribution is 5.70. The number of carbonyl (C=O) groups is 3. The molecule has 0 saturated carbocycles. The van der Waals surface area contributed by atoms with E-state index >= 15 is 0 Å². The number of nitrogens with zero attached hydrogens (tertiary/aromatic N) is 1. The first-order valence-corrected chi connectivity index (χ1v) is 41.1. The lowest BCUT2D eigenvalue weighted by atomic mass is 10.0. The minimum absolute atomic E-state index is 0.149. The average Bonchev–Trinajstić information content (AvgIpc) is 2.86. The summed E-state index contributed by atoms with van der Waals surface area (Å²) < 4.78 is 22.9. The zero-order chi connectivity index (χ0) is 69.0. The van der Waals surface area contributed by atoms with Crippen LogP contribution in [0.5, 0.6) is 0 Å². The summed E-state index contributed by atoms with van der Waals surface area (Å²) in [6, 6.07) is 0. The van der Waals surface area contributed by atoms with E-state index in [1.807, 2.05) is 21.1 Å². The van der Waals surface area contributed by atoms with Crippen molar-refractivity contribution in [3.05, 3.63) is 72.9 Å². The van der Waals surface area contributed by atoms with E-state index in [9.17, 15) is 19.5 Å². The fourth-order valence-electron chi connectivity index (χ4n) is 12.2. The molecule has 0 rings (SSSR count). The van der Waals surface area contributed by atoms with Gasteiger partial charge in [0.2, 0.25) is 0 Å². The molecule has 0 spiro atoms. The van der Waals surface area contributed by atoms with Crippen LogP contribution in [0.2, 0.25) is 0 Å². The van der Waals surface area contributed by atoms with Crippen molar-refractivity contribution in [2.24, 2.45) is 0 Å². The molecule has 0 saturated heterocycles. The molecule has 0 N–H and O–H groups in total. The molecule has 9 nitrogen and oxygen atoms in total. The van der Waals surface area contributed by atoms with Gasteiger partial charge in [-0.15, -0.1) is 0 Å². The van der Waals surface area contributed by atoms with Crippen molar-refractivity contribution in [3.8, 4) is 0 Å². The Bertz CT molecular complexity index is 1790. The monoisotopic (exact) mass is 1330 g/mol. The van der Waals surface area contributed by atoms with Gasteiger partial charge in [0.25, 0.3) is 0 Å². The lowest BCUT2D eigenvalue weighted by Crippen LogP contribution is -2.44. The molecule has 0 aromatic carbocycles. The molecule has 0 bridgehead atoms. The van der Waals surface area contributed by atoms with E-state index in [0.29, 0.717) is 23.9 Å². The van der Waals surface area contributed by atoms with Crippen LogP contribution in [0.25, 0.3) is 0 Å². The Morgan fingerprint density at radius 1 is 0.326 bits per heavy atom. The molecule has 0 aliphatic rings. The largest absolute Gasteiger partial charge is 0.545 e. The van der Waals surface area contributed by atoms with Gasteiger partial charge in [-0.2, -0.15) is 0 Å². The topological polar surface area (TPSA) is 111 Å². The Hall–Kier alpha value is -3.27. The van der Waals surface area contributed by atoms with E-state index in [-0.39, 0.29) is 32.2 Å². The minimum Gasteiger partial charge on any atom is -0.545 e. The molecule has 0 aromatic heterocycles. The molecule has 554 valence electrons. The maximum Gasteiger partial charge on any atom is 0.306 e. The SMILES string of the molecule is CC/C=C\C/C=C\C/C=C\C/C=C\CCCCCCCCCCCCCCCCCCC(=O)OC(COC(=O)CCCCCCCCCCCCCCCCCCCCCCCCCCCCCCC/C=C\C/C=C\CCCCCCC)COC(OCC[N+](C)(C)C)C(=O)[O-]. The Kier molecular flexibility index (Phi) is 73.9. The van der Waals surface area contributed by atoms with E-state index in [4.69, 9.17) is 18.9 Å². The fraction of sp³-hybridized carbons (Fsp3) is 0.826. The van der Waals surface area contributed by atoms with Crippen LogP contribution in [0.15, 0.2) is 72.9 Å². The fourth-order valence-corrected chi connectivity index (χ4v) is 12.2. The predicted molar refractivity (Wildman–Crippen MR) is 408 cm³/mol. The van der Waals surface area contributed by atoms with Crippen molar-refractivity contribution < 1.29 is 42.9 Å². The van der Waals surface area contributed by atoms with E-state index in [1.165, 1.54) is 302 Å². The second kappa shape index (κ2) is 76.5. The molecule has 0 radical (unpaired) electrons. The van der Waals surface area contributed by atoms with E-state index < -0.39 is 24.3 Å². The van der Waals surface area contributed by atoms with Crippen LogP contribution in [-0.2, 0) is 33.3 Å². The second-order valence-electron chi connectivity index (χ2n) is 29.0. The highest BCUT2D eigenvalue weighted by Crippen LogP contribution is 2.20. The number of hydrogen-bond acceptors (Lipinski definition) is 8. The number of carbonyl (C=O) groups excluding carboxylic acids is 3. The summed E-state index contributed by atoms with van der Waals surface area (Å²) in [6.07, 6.45) is 100. The maximum atomic E-state index is 13.0. The number of likely N-dealkylation sites (N-methyl/N-ethyl adjacent to an activating group) is 1. The van der Waals surface area contributed by atoms with E-state index in [0.717, 1.165) is 64.2 Å². The van der Waals surface area contributed by atoms with Crippen LogP contribution in [0.3, 0.4) is 0 Å². The number of hydrogen-bond donors (Lipinski definition) is 0.